The van der Waals surface area contributed by atoms with Crippen molar-refractivity contribution in [2.45, 2.75) is 24.9 Å². The summed E-state index contributed by atoms with van der Waals surface area (Å²) < 4.78 is 72.2. The third kappa shape index (κ3) is 5.72. The first kappa shape index (κ1) is 22.5. The number of halogens is 3. The Hall–Kier alpha value is -3.14. The molecule has 0 saturated heterocycles. The van der Waals surface area contributed by atoms with Gasteiger partial charge in [-0.15, -0.1) is 10.2 Å². The molecule has 0 radical (unpaired) electrons. The molecule has 3 rings (SSSR count). The fourth-order valence-electron chi connectivity index (χ4n) is 2.66. The molecule has 0 unspecified atom stereocenters. The van der Waals surface area contributed by atoms with E-state index in [2.05, 4.69) is 14.9 Å². The Morgan fingerprint density at radius 2 is 1.65 bits per heavy atom. The maximum atomic E-state index is 13.2. The van der Waals surface area contributed by atoms with Crippen LogP contribution in [-0.2, 0) is 16.2 Å². The molecule has 3 aromatic rings. The number of aromatic nitrogens is 2. The van der Waals surface area contributed by atoms with Gasteiger partial charge in [-0.3, -0.25) is 4.72 Å². The molecule has 0 atom stereocenters. The monoisotopic (exact) mass is 451 g/mol. The predicted octanol–water partition coefficient (Wildman–Crippen LogP) is 5.00. The maximum absolute atomic E-state index is 13.2. The Kier molecular flexibility index (Phi) is 6.49. The van der Waals surface area contributed by atoms with Gasteiger partial charge in [-0.05, 0) is 36.2 Å². The van der Waals surface area contributed by atoms with Crippen molar-refractivity contribution < 1.29 is 26.3 Å². The van der Waals surface area contributed by atoms with Gasteiger partial charge in [0.1, 0.15) is 0 Å². The van der Waals surface area contributed by atoms with Gasteiger partial charge in [0, 0.05) is 17.3 Å². The summed E-state index contributed by atoms with van der Waals surface area (Å²) in [6, 6.07) is 13.5. The lowest BCUT2D eigenvalue weighted by Gasteiger charge is -2.14. The number of nitrogens with one attached hydrogen (secondary N) is 1. The number of anilines is 1. The molecule has 0 aliphatic carbocycles. The summed E-state index contributed by atoms with van der Waals surface area (Å²) in [7, 11) is -4.44. The van der Waals surface area contributed by atoms with Crippen molar-refractivity contribution in [3.63, 3.8) is 0 Å². The van der Waals surface area contributed by atoms with Gasteiger partial charge in [0.2, 0.25) is 5.88 Å². The van der Waals surface area contributed by atoms with Crippen LogP contribution < -0.4 is 9.46 Å². The van der Waals surface area contributed by atoms with Gasteiger partial charge in [-0.1, -0.05) is 38.1 Å². The average Bonchev–Trinajstić information content (AvgIpc) is 2.72. The highest BCUT2D eigenvalue weighted by atomic mass is 32.2. The largest absolute Gasteiger partial charge is 0.476 e. The van der Waals surface area contributed by atoms with Crippen molar-refractivity contribution >= 4 is 15.7 Å². The van der Waals surface area contributed by atoms with Crippen LogP contribution >= 0.6 is 0 Å². The highest BCUT2D eigenvalue weighted by molar-refractivity contribution is 7.92. The molecule has 0 amide bonds. The molecular formula is C21H20F3N3O3S. The third-order valence-corrected chi connectivity index (χ3v) is 5.56. The zero-order valence-corrected chi connectivity index (χ0v) is 17.5. The van der Waals surface area contributed by atoms with E-state index in [0.29, 0.717) is 29.7 Å². The first-order chi connectivity index (χ1) is 14.6. The second-order valence-corrected chi connectivity index (χ2v) is 8.79. The zero-order valence-electron chi connectivity index (χ0n) is 16.7. The lowest BCUT2D eigenvalue weighted by Crippen LogP contribution is -2.18. The molecule has 164 valence electrons. The van der Waals surface area contributed by atoms with Gasteiger partial charge in [-0.2, -0.15) is 13.2 Å². The van der Waals surface area contributed by atoms with Gasteiger partial charge >= 0.3 is 6.18 Å². The molecule has 1 aromatic heterocycles. The van der Waals surface area contributed by atoms with Crippen molar-refractivity contribution in [2.75, 3.05) is 11.3 Å². The number of ether oxygens (including phenoxy) is 1. The van der Waals surface area contributed by atoms with Crippen LogP contribution in [0.2, 0.25) is 0 Å². The van der Waals surface area contributed by atoms with E-state index in [0.717, 1.165) is 18.2 Å². The Labute approximate surface area is 178 Å². The molecule has 1 heterocycles. The zero-order chi connectivity index (χ0) is 22.6. The minimum absolute atomic E-state index is 0.116. The van der Waals surface area contributed by atoms with Crippen LogP contribution in [0.3, 0.4) is 0 Å². The quantitative estimate of drug-likeness (QED) is 0.547. The topological polar surface area (TPSA) is 81.2 Å². The van der Waals surface area contributed by atoms with Crippen LogP contribution in [0, 0.1) is 5.92 Å². The van der Waals surface area contributed by atoms with Crippen LogP contribution in [-0.4, -0.2) is 25.2 Å². The lowest BCUT2D eigenvalue weighted by molar-refractivity contribution is -0.139. The number of benzene rings is 2. The van der Waals surface area contributed by atoms with E-state index in [1.54, 1.807) is 24.3 Å². The smallest absolute Gasteiger partial charge is 0.417 e. The van der Waals surface area contributed by atoms with Gasteiger partial charge in [0.25, 0.3) is 10.0 Å². The Bertz CT molecular complexity index is 1130. The van der Waals surface area contributed by atoms with E-state index < -0.39 is 26.7 Å². The van der Waals surface area contributed by atoms with Crippen LogP contribution in [0.4, 0.5) is 18.9 Å². The molecule has 0 spiro atoms. The highest BCUT2D eigenvalue weighted by Crippen LogP contribution is 2.34. The van der Waals surface area contributed by atoms with Crippen LogP contribution in [0.15, 0.2) is 65.6 Å². The number of alkyl halides is 3. The molecule has 6 nitrogen and oxygen atoms in total. The molecule has 0 saturated carbocycles. The van der Waals surface area contributed by atoms with Gasteiger partial charge in [0.05, 0.1) is 22.8 Å². The number of rotatable bonds is 7. The first-order valence-corrected chi connectivity index (χ1v) is 10.8. The van der Waals surface area contributed by atoms with Crippen molar-refractivity contribution in [3.8, 4) is 17.1 Å². The second kappa shape index (κ2) is 8.93. The summed E-state index contributed by atoms with van der Waals surface area (Å²) in [4.78, 5) is -0.838. The maximum Gasteiger partial charge on any atom is 0.417 e. The van der Waals surface area contributed by atoms with Gasteiger partial charge in [-0.25, -0.2) is 8.42 Å². The normalized spacial score (nSPS) is 12.1. The van der Waals surface area contributed by atoms with Gasteiger partial charge in [0.15, 0.2) is 0 Å². The number of hydrogen-bond acceptors (Lipinski definition) is 5. The summed E-state index contributed by atoms with van der Waals surface area (Å²) in [6.07, 6.45) is -4.79. The standard InChI is InChI=1S/C21H20F3N3O3S/c1-14(2)13-30-20-12-11-18(25-26-20)15-7-9-16(10-8-15)27-31(28,29)19-6-4-3-5-17(19)21(22,23)24/h3-12,14,27H,13H2,1-2H3. The molecule has 10 heteroatoms. The number of hydrogen-bond donors (Lipinski definition) is 1. The lowest BCUT2D eigenvalue weighted by atomic mass is 10.1. The molecule has 2 aromatic carbocycles. The molecule has 0 aliphatic heterocycles. The summed E-state index contributed by atoms with van der Waals surface area (Å²) in [6.45, 7) is 4.54. The highest BCUT2D eigenvalue weighted by Gasteiger charge is 2.36. The molecular weight excluding hydrogens is 431 g/mol. The van der Waals surface area contributed by atoms with Crippen molar-refractivity contribution in [2.24, 2.45) is 5.92 Å². The fourth-order valence-corrected chi connectivity index (χ4v) is 3.94. The minimum Gasteiger partial charge on any atom is -0.476 e. The molecule has 31 heavy (non-hydrogen) atoms. The molecule has 1 N–H and O–H groups in total. The Morgan fingerprint density at radius 3 is 2.23 bits per heavy atom. The minimum atomic E-state index is -4.79. The molecule has 0 bridgehead atoms. The first-order valence-electron chi connectivity index (χ1n) is 9.32. The predicted molar refractivity (Wildman–Crippen MR) is 110 cm³/mol. The summed E-state index contributed by atoms with van der Waals surface area (Å²) in [5.74, 6) is 0.742. The van der Waals surface area contributed by atoms with Crippen LogP contribution in [0.5, 0.6) is 5.88 Å². The number of nitrogens with zero attached hydrogens (tertiary/aromatic N) is 2. The van der Waals surface area contributed by atoms with E-state index in [9.17, 15) is 21.6 Å². The third-order valence-electron chi connectivity index (χ3n) is 4.12. The molecule has 0 fully saturated rings. The average molecular weight is 451 g/mol. The fraction of sp³-hybridized carbons (Fsp3) is 0.238. The van der Waals surface area contributed by atoms with E-state index >= 15 is 0 Å². The van der Waals surface area contributed by atoms with E-state index in [1.807, 2.05) is 13.8 Å². The van der Waals surface area contributed by atoms with Crippen LogP contribution in [0.25, 0.3) is 11.3 Å². The van der Waals surface area contributed by atoms with E-state index in [-0.39, 0.29) is 5.69 Å². The van der Waals surface area contributed by atoms with Crippen LogP contribution in [0.1, 0.15) is 19.4 Å². The number of sulfonamides is 1. The summed E-state index contributed by atoms with van der Waals surface area (Å²) in [5.41, 5.74) is 0.0787. The van der Waals surface area contributed by atoms with Crippen molar-refractivity contribution in [1.29, 1.82) is 0 Å². The van der Waals surface area contributed by atoms with Crippen molar-refractivity contribution in [3.05, 3.63) is 66.2 Å². The Balaban J connectivity index is 1.77. The van der Waals surface area contributed by atoms with E-state index in [4.69, 9.17) is 4.74 Å². The van der Waals surface area contributed by atoms with Gasteiger partial charge < -0.3 is 4.74 Å². The Morgan fingerprint density at radius 1 is 0.968 bits per heavy atom. The summed E-state index contributed by atoms with van der Waals surface area (Å²) in [5, 5.41) is 8.07. The van der Waals surface area contributed by atoms with Crippen molar-refractivity contribution in [1.82, 2.24) is 10.2 Å². The molecule has 0 aliphatic rings. The SMILES string of the molecule is CC(C)COc1ccc(-c2ccc(NS(=O)(=O)c3ccccc3C(F)(F)F)cc2)nn1. The second-order valence-electron chi connectivity index (χ2n) is 7.14. The summed E-state index contributed by atoms with van der Waals surface area (Å²) >= 11 is 0. The van der Waals surface area contributed by atoms with E-state index in [1.165, 1.54) is 18.2 Å².